The number of H-pyrrole nitrogens is 1. The van der Waals surface area contributed by atoms with Crippen molar-refractivity contribution in [1.82, 2.24) is 19.5 Å². The number of nitrogen functional groups attached to an aromatic ring is 1. The minimum atomic E-state index is -3.82. The summed E-state index contributed by atoms with van der Waals surface area (Å²) in [6, 6.07) is 4.38. The van der Waals surface area contributed by atoms with Crippen LogP contribution in [0, 0.1) is 6.92 Å². The summed E-state index contributed by atoms with van der Waals surface area (Å²) in [5, 5.41) is 0. The van der Waals surface area contributed by atoms with E-state index < -0.39 is 21.5 Å². The number of nitrogens with two attached hydrogens (primary N) is 1. The number of carbonyl (C=O) groups excluding carboxylic acids is 1. The van der Waals surface area contributed by atoms with Gasteiger partial charge in [0.05, 0.1) is 17.3 Å². The number of nitrogens with one attached hydrogen (secondary N) is 1. The molecule has 0 aliphatic heterocycles. The standard InChI is InChI=1S/C20H25N5O6S/c1-4-5-9-30-19-23-17(21)16-18(24-19)25(20(27)22-16)8-10-32(28,29)15-11-14(31-13(3)26)7-6-12(15)2/h6-7,11H,4-5,8-10H2,1-3H3,(H,22,27)(H2,21,23,24). The fraction of sp³-hybridized carbons (Fsp3) is 0.400. The van der Waals surface area contributed by atoms with E-state index in [0.717, 1.165) is 12.8 Å². The zero-order valence-corrected chi connectivity index (χ0v) is 18.9. The molecule has 0 unspecified atom stereocenters. The summed E-state index contributed by atoms with van der Waals surface area (Å²) in [7, 11) is -3.82. The Labute approximate surface area is 184 Å². The van der Waals surface area contributed by atoms with E-state index in [-0.39, 0.29) is 45.9 Å². The largest absolute Gasteiger partial charge is 0.463 e. The Kier molecular flexibility index (Phi) is 6.82. The highest BCUT2D eigenvalue weighted by molar-refractivity contribution is 7.91. The van der Waals surface area contributed by atoms with E-state index in [1.54, 1.807) is 13.0 Å². The Morgan fingerprint density at radius 3 is 2.72 bits per heavy atom. The Morgan fingerprint density at radius 2 is 2.03 bits per heavy atom. The molecule has 12 heteroatoms. The second-order valence-electron chi connectivity index (χ2n) is 7.21. The zero-order valence-electron chi connectivity index (χ0n) is 18.0. The summed E-state index contributed by atoms with van der Waals surface area (Å²) in [4.78, 5) is 34.5. The number of hydrogen-bond acceptors (Lipinski definition) is 9. The van der Waals surface area contributed by atoms with Crippen LogP contribution in [0.2, 0.25) is 0 Å². The lowest BCUT2D eigenvalue weighted by molar-refractivity contribution is -0.131. The molecule has 0 aliphatic rings. The molecule has 1 aromatic carbocycles. The molecular weight excluding hydrogens is 438 g/mol. The molecule has 0 fully saturated rings. The number of hydrogen-bond donors (Lipinski definition) is 2. The number of ether oxygens (including phenoxy) is 2. The molecule has 0 aliphatic carbocycles. The number of benzene rings is 1. The third kappa shape index (κ3) is 5.07. The Balaban J connectivity index is 1.90. The van der Waals surface area contributed by atoms with Gasteiger partial charge in [-0.1, -0.05) is 19.4 Å². The van der Waals surface area contributed by atoms with Crippen molar-refractivity contribution in [3.8, 4) is 11.8 Å². The van der Waals surface area contributed by atoms with Crippen molar-refractivity contribution in [2.24, 2.45) is 0 Å². The number of aromatic amines is 1. The van der Waals surface area contributed by atoms with Crippen LogP contribution >= 0.6 is 0 Å². The van der Waals surface area contributed by atoms with Crippen LogP contribution in [0.4, 0.5) is 5.82 Å². The Morgan fingerprint density at radius 1 is 1.28 bits per heavy atom. The number of fused-ring (bicyclic) bond motifs is 1. The minimum Gasteiger partial charge on any atom is -0.463 e. The highest BCUT2D eigenvalue weighted by Crippen LogP contribution is 2.24. The van der Waals surface area contributed by atoms with E-state index >= 15 is 0 Å². The van der Waals surface area contributed by atoms with E-state index in [9.17, 15) is 18.0 Å². The molecule has 11 nitrogen and oxygen atoms in total. The summed E-state index contributed by atoms with van der Waals surface area (Å²) in [6.45, 7) is 5.09. The number of imidazole rings is 1. The molecule has 2 aromatic heterocycles. The number of anilines is 1. The second-order valence-corrected chi connectivity index (χ2v) is 9.29. The van der Waals surface area contributed by atoms with E-state index in [1.165, 1.54) is 23.6 Å². The highest BCUT2D eigenvalue weighted by Gasteiger charge is 2.21. The lowest BCUT2D eigenvalue weighted by Gasteiger charge is -2.11. The summed E-state index contributed by atoms with van der Waals surface area (Å²) < 4.78 is 37.6. The Bertz CT molecular complexity index is 1310. The SMILES string of the molecule is CCCCOc1nc(N)c2[nH]c(=O)n(CCS(=O)(=O)c3cc(OC(C)=O)ccc3C)c2n1. The van der Waals surface area contributed by atoms with Gasteiger partial charge in [-0.25, -0.2) is 13.2 Å². The van der Waals surface area contributed by atoms with Crippen molar-refractivity contribution in [1.29, 1.82) is 0 Å². The zero-order chi connectivity index (χ0) is 23.5. The van der Waals surface area contributed by atoms with Gasteiger partial charge in [-0.3, -0.25) is 9.36 Å². The van der Waals surface area contributed by atoms with Crippen molar-refractivity contribution in [3.05, 3.63) is 34.2 Å². The first-order valence-corrected chi connectivity index (χ1v) is 11.7. The van der Waals surface area contributed by atoms with Gasteiger partial charge in [-0.2, -0.15) is 9.97 Å². The van der Waals surface area contributed by atoms with Gasteiger partial charge in [0.25, 0.3) is 0 Å². The fourth-order valence-corrected chi connectivity index (χ4v) is 4.57. The van der Waals surface area contributed by atoms with Gasteiger partial charge in [0.2, 0.25) is 0 Å². The van der Waals surface area contributed by atoms with Crippen molar-refractivity contribution in [2.45, 2.75) is 45.1 Å². The quantitative estimate of drug-likeness (QED) is 0.273. The molecule has 0 saturated carbocycles. The molecular formula is C20H25N5O6S. The van der Waals surface area contributed by atoms with Crippen LogP contribution in [0.25, 0.3) is 11.2 Å². The molecule has 3 aromatic rings. The van der Waals surface area contributed by atoms with Crippen LogP contribution in [0.1, 0.15) is 32.3 Å². The van der Waals surface area contributed by atoms with Gasteiger partial charge in [0.15, 0.2) is 21.3 Å². The lowest BCUT2D eigenvalue weighted by Crippen LogP contribution is -2.22. The van der Waals surface area contributed by atoms with Crippen LogP contribution in [-0.2, 0) is 21.2 Å². The van der Waals surface area contributed by atoms with Gasteiger partial charge >= 0.3 is 17.7 Å². The maximum Gasteiger partial charge on any atom is 0.327 e. The number of rotatable bonds is 9. The number of esters is 1. The monoisotopic (exact) mass is 463 g/mol. The molecule has 0 bridgehead atoms. The number of unbranched alkanes of at least 4 members (excludes halogenated alkanes) is 1. The maximum absolute atomic E-state index is 13.0. The average Bonchev–Trinajstić information content (AvgIpc) is 3.03. The molecule has 2 heterocycles. The number of nitrogens with zero attached hydrogens (tertiary/aromatic N) is 3. The van der Waals surface area contributed by atoms with Gasteiger partial charge < -0.3 is 20.2 Å². The number of sulfone groups is 1. The van der Waals surface area contributed by atoms with Crippen LogP contribution in [-0.4, -0.2) is 46.3 Å². The molecule has 0 radical (unpaired) electrons. The predicted molar refractivity (Wildman–Crippen MR) is 118 cm³/mol. The molecule has 0 atom stereocenters. The van der Waals surface area contributed by atoms with Gasteiger partial charge in [0.1, 0.15) is 11.3 Å². The van der Waals surface area contributed by atoms with Gasteiger partial charge in [-0.05, 0) is 31.0 Å². The third-order valence-corrected chi connectivity index (χ3v) is 6.53. The summed E-state index contributed by atoms with van der Waals surface area (Å²) in [5.74, 6) is -0.789. The molecule has 0 amide bonds. The topological polar surface area (TPSA) is 159 Å². The smallest absolute Gasteiger partial charge is 0.327 e. The molecule has 0 saturated heterocycles. The average molecular weight is 464 g/mol. The van der Waals surface area contributed by atoms with Crippen molar-refractivity contribution < 1.29 is 22.7 Å². The van der Waals surface area contributed by atoms with Crippen LogP contribution in [0.15, 0.2) is 27.9 Å². The first-order chi connectivity index (χ1) is 15.1. The minimum absolute atomic E-state index is 0.0156. The maximum atomic E-state index is 13.0. The molecule has 3 N–H and O–H groups in total. The number of carbonyl (C=O) groups is 1. The van der Waals surface area contributed by atoms with E-state index in [4.69, 9.17) is 15.2 Å². The molecule has 3 rings (SSSR count). The van der Waals surface area contributed by atoms with Crippen LogP contribution in [0.5, 0.6) is 11.8 Å². The first-order valence-electron chi connectivity index (χ1n) is 10.0. The highest BCUT2D eigenvalue weighted by atomic mass is 32.2. The fourth-order valence-electron chi connectivity index (χ4n) is 3.08. The van der Waals surface area contributed by atoms with Crippen molar-refractivity contribution in [3.63, 3.8) is 0 Å². The van der Waals surface area contributed by atoms with E-state index in [1.807, 2.05) is 6.92 Å². The third-order valence-electron chi connectivity index (χ3n) is 4.70. The Hall–Kier alpha value is -3.41. The summed E-state index contributed by atoms with van der Waals surface area (Å²) in [6.07, 6.45) is 1.72. The number of aryl methyl sites for hydroxylation is 2. The normalized spacial score (nSPS) is 11.6. The van der Waals surface area contributed by atoms with Crippen molar-refractivity contribution in [2.75, 3.05) is 18.1 Å². The summed E-state index contributed by atoms with van der Waals surface area (Å²) >= 11 is 0. The number of aromatic nitrogens is 4. The molecule has 0 spiro atoms. The second kappa shape index (κ2) is 9.39. The molecule has 172 valence electrons. The molecule has 32 heavy (non-hydrogen) atoms. The van der Waals surface area contributed by atoms with Gasteiger partial charge in [0, 0.05) is 13.5 Å². The van der Waals surface area contributed by atoms with Crippen LogP contribution < -0.4 is 20.9 Å². The predicted octanol–water partition coefficient (Wildman–Crippen LogP) is 1.59. The lowest BCUT2D eigenvalue weighted by atomic mass is 10.2. The van der Waals surface area contributed by atoms with E-state index in [0.29, 0.717) is 12.2 Å². The first kappa shape index (κ1) is 23.3. The van der Waals surface area contributed by atoms with E-state index in [2.05, 4.69) is 15.0 Å². The van der Waals surface area contributed by atoms with Crippen molar-refractivity contribution >= 4 is 32.8 Å². The van der Waals surface area contributed by atoms with Gasteiger partial charge in [-0.15, -0.1) is 0 Å². The summed E-state index contributed by atoms with van der Waals surface area (Å²) in [5.41, 5.74) is 6.22. The van der Waals surface area contributed by atoms with Crippen LogP contribution in [0.3, 0.4) is 0 Å².